The van der Waals surface area contributed by atoms with Gasteiger partial charge in [-0.2, -0.15) is 13.2 Å². The van der Waals surface area contributed by atoms with Crippen LogP contribution < -0.4 is 16.3 Å². The van der Waals surface area contributed by atoms with Crippen molar-refractivity contribution in [1.29, 1.82) is 0 Å². The second-order valence-electron chi connectivity index (χ2n) is 2.21. The largest absolute Gasteiger partial charge is 0.504 e. The molecule has 13 heavy (non-hydrogen) atoms. The Balaban J connectivity index is 3.78. The molecule has 0 aliphatic heterocycles. The van der Waals surface area contributed by atoms with E-state index in [2.05, 4.69) is 0 Å². The number of hydrogen-bond acceptors (Lipinski definition) is 4. The Labute approximate surface area is 67.6 Å². The van der Waals surface area contributed by atoms with Crippen molar-refractivity contribution in [3.63, 3.8) is 0 Å². The minimum atomic E-state index is -5.18. The van der Waals surface area contributed by atoms with E-state index in [1.54, 1.807) is 0 Å². The maximum atomic E-state index is 11.9. The van der Waals surface area contributed by atoms with Crippen molar-refractivity contribution in [1.82, 2.24) is 0 Å². The molecule has 1 aromatic rings. The van der Waals surface area contributed by atoms with Crippen molar-refractivity contribution in [3.8, 4) is 5.75 Å². The second-order valence-corrected chi connectivity index (χ2v) is 2.21. The van der Waals surface area contributed by atoms with Crippen molar-refractivity contribution in [3.05, 3.63) is 36.2 Å². The maximum absolute atomic E-state index is 11.9. The molecule has 0 heterocycles. The number of rotatable bonds is 0. The van der Waals surface area contributed by atoms with Crippen LogP contribution in [0.4, 0.5) is 13.2 Å². The summed E-state index contributed by atoms with van der Waals surface area (Å²) in [5.41, 5.74) is -7.75. The van der Waals surface area contributed by atoms with Gasteiger partial charge in [0.1, 0.15) is 0 Å². The molecule has 0 atom stereocenters. The molecule has 0 bridgehead atoms. The molecule has 7 heteroatoms. The quantitative estimate of drug-likeness (QED) is 0.558. The Kier molecular flexibility index (Phi) is 1.75. The van der Waals surface area contributed by atoms with Crippen molar-refractivity contribution in [2.24, 2.45) is 0 Å². The van der Waals surface area contributed by atoms with Crippen LogP contribution in [0, 0.1) is 0 Å². The molecule has 0 radical (unpaired) electrons. The van der Waals surface area contributed by atoms with Crippen LogP contribution in [0.3, 0.4) is 0 Å². The Bertz CT molecular complexity index is 478. The first-order valence-corrected chi connectivity index (χ1v) is 2.90. The van der Waals surface area contributed by atoms with Gasteiger partial charge in [-0.25, -0.2) is 0 Å². The van der Waals surface area contributed by atoms with E-state index < -0.39 is 33.8 Å². The molecule has 0 unspecified atom stereocenters. The standard InChI is InChI=1S/C6HF3O4/c7-6(8,9)1-2(10)4(12)5(13)3(1)11/h10H. The average Bonchev–Trinajstić information content (AvgIpc) is 2.14. The van der Waals surface area contributed by atoms with Gasteiger partial charge in [0.25, 0.3) is 10.9 Å². The van der Waals surface area contributed by atoms with E-state index in [4.69, 9.17) is 5.11 Å². The molecule has 0 aromatic heterocycles. The average molecular weight is 194 g/mol. The van der Waals surface area contributed by atoms with Gasteiger partial charge in [-0.05, 0) is 0 Å². The molecular weight excluding hydrogens is 193 g/mol. The highest BCUT2D eigenvalue weighted by Crippen LogP contribution is 2.30. The Morgan fingerprint density at radius 1 is 0.923 bits per heavy atom. The van der Waals surface area contributed by atoms with Crippen LogP contribution in [-0.2, 0) is 6.18 Å². The van der Waals surface area contributed by atoms with E-state index in [-0.39, 0.29) is 0 Å². The van der Waals surface area contributed by atoms with Crippen molar-refractivity contribution >= 4 is 0 Å². The topological polar surface area (TPSA) is 71.4 Å². The lowest BCUT2D eigenvalue weighted by atomic mass is 10.3. The molecule has 0 amide bonds. The summed E-state index contributed by atoms with van der Waals surface area (Å²) in [6.07, 6.45) is -5.18. The maximum Gasteiger partial charge on any atom is 0.424 e. The van der Waals surface area contributed by atoms with Crippen LogP contribution in [0.1, 0.15) is 5.56 Å². The van der Waals surface area contributed by atoms with E-state index in [9.17, 15) is 27.6 Å². The van der Waals surface area contributed by atoms with Crippen LogP contribution in [0.25, 0.3) is 0 Å². The van der Waals surface area contributed by atoms with E-state index >= 15 is 0 Å². The third-order valence-corrected chi connectivity index (χ3v) is 1.37. The predicted octanol–water partition coefficient (Wildman–Crippen LogP) is -0.633. The molecule has 1 rings (SSSR count). The molecule has 1 N–H and O–H groups in total. The lowest BCUT2D eigenvalue weighted by Crippen LogP contribution is -2.31. The van der Waals surface area contributed by atoms with Crippen LogP contribution in [0.5, 0.6) is 5.75 Å². The fourth-order valence-electron chi connectivity index (χ4n) is 0.808. The third-order valence-electron chi connectivity index (χ3n) is 1.37. The van der Waals surface area contributed by atoms with Gasteiger partial charge in [-0.15, -0.1) is 0 Å². The van der Waals surface area contributed by atoms with Gasteiger partial charge < -0.3 is 5.11 Å². The van der Waals surface area contributed by atoms with Crippen LogP contribution in [0.2, 0.25) is 0 Å². The molecule has 0 saturated heterocycles. The van der Waals surface area contributed by atoms with Gasteiger partial charge in [0.15, 0.2) is 11.3 Å². The SMILES string of the molecule is O=c1c(O)c(C(F)(F)F)c(=O)c1=O. The van der Waals surface area contributed by atoms with Gasteiger partial charge in [0.2, 0.25) is 5.43 Å². The summed E-state index contributed by atoms with van der Waals surface area (Å²) in [6, 6.07) is 0. The lowest BCUT2D eigenvalue weighted by molar-refractivity contribution is -0.139. The molecule has 0 aliphatic carbocycles. The summed E-state index contributed by atoms with van der Waals surface area (Å²) in [4.78, 5) is 31.2. The van der Waals surface area contributed by atoms with Gasteiger partial charge >= 0.3 is 6.18 Å². The molecule has 4 nitrogen and oxygen atoms in total. The summed E-state index contributed by atoms with van der Waals surface area (Å²) in [6.45, 7) is 0. The summed E-state index contributed by atoms with van der Waals surface area (Å²) in [5, 5.41) is 8.50. The molecule has 70 valence electrons. The zero-order chi connectivity index (χ0) is 10.4. The van der Waals surface area contributed by atoms with E-state index in [0.29, 0.717) is 0 Å². The first-order chi connectivity index (χ1) is 5.76. The molecule has 0 fully saturated rings. The number of aromatic hydroxyl groups is 1. The van der Waals surface area contributed by atoms with Gasteiger partial charge in [-0.1, -0.05) is 0 Å². The summed E-state index contributed by atoms with van der Waals surface area (Å²) >= 11 is 0. The lowest BCUT2D eigenvalue weighted by Gasteiger charge is -2.00. The van der Waals surface area contributed by atoms with Crippen LogP contribution in [-0.4, -0.2) is 5.11 Å². The van der Waals surface area contributed by atoms with E-state index in [0.717, 1.165) is 0 Å². The first kappa shape index (κ1) is 9.43. The Hall–Kier alpha value is -1.66. The van der Waals surface area contributed by atoms with E-state index in [1.807, 2.05) is 0 Å². The highest BCUT2D eigenvalue weighted by molar-refractivity contribution is 5.36. The summed E-state index contributed by atoms with van der Waals surface area (Å²) < 4.78 is 35.6. The zero-order valence-electron chi connectivity index (χ0n) is 5.81. The fraction of sp³-hybridized carbons (Fsp3) is 0.167. The summed E-state index contributed by atoms with van der Waals surface area (Å²) in [5.74, 6) is -1.82. The smallest absolute Gasteiger partial charge is 0.424 e. The van der Waals surface area contributed by atoms with Gasteiger partial charge in [0, 0.05) is 0 Å². The highest BCUT2D eigenvalue weighted by Gasteiger charge is 2.41. The first-order valence-electron chi connectivity index (χ1n) is 2.90. The van der Waals surface area contributed by atoms with Crippen molar-refractivity contribution in [2.45, 2.75) is 6.18 Å². The van der Waals surface area contributed by atoms with E-state index in [1.165, 1.54) is 0 Å². The van der Waals surface area contributed by atoms with Gasteiger partial charge in [0.05, 0.1) is 0 Å². The molecule has 0 aliphatic rings. The third kappa shape index (κ3) is 1.21. The van der Waals surface area contributed by atoms with Crippen molar-refractivity contribution in [2.75, 3.05) is 0 Å². The molecule has 0 spiro atoms. The van der Waals surface area contributed by atoms with Crippen LogP contribution in [0.15, 0.2) is 14.4 Å². The second kappa shape index (κ2) is 2.41. The molecule has 1 aromatic carbocycles. The van der Waals surface area contributed by atoms with Gasteiger partial charge in [-0.3, -0.25) is 14.4 Å². The Morgan fingerprint density at radius 2 is 1.38 bits per heavy atom. The number of alkyl halides is 3. The summed E-state index contributed by atoms with van der Waals surface area (Å²) in [7, 11) is 0. The highest BCUT2D eigenvalue weighted by atomic mass is 19.4. The normalized spacial score (nSPS) is 11.9. The minimum Gasteiger partial charge on any atom is -0.504 e. The monoisotopic (exact) mass is 194 g/mol. The van der Waals surface area contributed by atoms with Crippen molar-refractivity contribution < 1.29 is 18.3 Å². The zero-order valence-corrected chi connectivity index (χ0v) is 5.81. The molecule has 0 saturated carbocycles. The fourth-order valence-corrected chi connectivity index (χ4v) is 0.808. The van der Waals surface area contributed by atoms with Crippen LogP contribution >= 0.6 is 0 Å². The number of halogens is 3. The predicted molar refractivity (Wildman–Crippen MR) is 34.3 cm³/mol. The Morgan fingerprint density at radius 3 is 1.54 bits per heavy atom. The number of hydrogen-bond donors (Lipinski definition) is 1. The minimum absolute atomic E-state index is 1.81. The molecular formula is C6HF3O4.